The van der Waals surface area contributed by atoms with Crippen LogP contribution in [0.2, 0.25) is 10.0 Å². The highest BCUT2D eigenvalue weighted by Gasteiger charge is 2.51. The van der Waals surface area contributed by atoms with Gasteiger partial charge in [-0.15, -0.1) is 0 Å². The lowest BCUT2D eigenvalue weighted by Gasteiger charge is -2.49. The van der Waals surface area contributed by atoms with Crippen LogP contribution in [0.15, 0.2) is 24.4 Å². The molecule has 33 heavy (non-hydrogen) atoms. The van der Waals surface area contributed by atoms with Crippen LogP contribution >= 0.6 is 23.2 Å². The Balaban J connectivity index is 1.53. The van der Waals surface area contributed by atoms with Gasteiger partial charge in [-0.25, -0.2) is 9.78 Å². The maximum absolute atomic E-state index is 12.2. The molecule has 0 bridgehead atoms. The molecule has 1 aliphatic heterocycles. The number of benzene rings is 1. The molecule has 1 aromatic heterocycles. The summed E-state index contributed by atoms with van der Waals surface area (Å²) in [4.78, 5) is 25.7. The minimum absolute atomic E-state index is 0.0406. The highest BCUT2D eigenvalue weighted by molar-refractivity contribution is 6.43. The molecule has 1 saturated carbocycles. The van der Waals surface area contributed by atoms with Crippen molar-refractivity contribution in [3.8, 4) is 11.3 Å². The van der Waals surface area contributed by atoms with Gasteiger partial charge in [-0.05, 0) is 64.9 Å². The van der Waals surface area contributed by atoms with E-state index >= 15 is 0 Å². The largest absolute Gasteiger partial charge is 0.465 e. The van der Waals surface area contributed by atoms with Crippen molar-refractivity contribution in [2.45, 2.75) is 71.4 Å². The van der Waals surface area contributed by atoms with E-state index in [1.54, 1.807) is 11.0 Å². The lowest BCUT2D eigenvalue weighted by Crippen LogP contribution is -2.58. The van der Waals surface area contributed by atoms with Gasteiger partial charge in [0.1, 0.15) is 5.82 Å². The number of nitrogens with zero attached hydrogens (tertiary/aromatic N) is 4. The summed E-state index contributed by atoms with van der Waals surface area (Å²) < 4.78 is 0. The molecule has 2 aromatic rings. The molecule has 178 valence electrons. The average molecular weight is 491 g/mol. The van der Waals surface area contributed by atoms with E-state index in [0.29, 0.717) is 10.0 Å². The second-order valence-corrected chi connectivity index (χ2v) is 11.1. The van der Waals surface area contributed by atoms with E-state index in [1.165, 1.54) is 0 Å². The van der Waals surface area contributed by atoms with Crippen molar-refractivity contribution in [1.29, 1.82) is 0 Å². The number of halogens is 2. The summed E-state index contributed by atoms with van der Waals surface area (Å²) in [6.45, 7) is 9.62. The summed E-state index contributed by atoms with van der Waals surface area (Å²) in [7, 11) is 0. The zero-order chi connectivity index (χ0) is 24.0. The molecule has 2 fully saturated rings. The van der Waals surface area contributed by atoms with Gasteiger partial charge in [0, 0.05) is 30.2 Å². The van der Waals surface area contributed by atoms with Crippen LogP contribution < -0.4 is 4.90 Å². The van der Waals surface area contributed by atoms with Crippen LogP contribution in [0.5, 0.6) is 0 Å². The number of aromatic nitrogens is 2. The van der Waals surface area contributed by atoms with E-state index in [-0.39, 0.29) is 11.5 Å². The fourth-order valence-corrected chi connectivity index (χ4v) is 6.14. The molecule has 1 saturated heterocycles. The summed E-state index contributed by atoms with van der Waals surface area (Å²) in [5.41, 5.74) is 1.95. The van der Waals surface area contributed by atoms with Crippen molar-refractivity contribution in [2.24, 2.45) is 5.41 Å². The van der Waals surface area contributed by atoms with Crippen LogP contribution in [0.1, 0.15) is 58.6 Å². The Morgan fingerprint density at radius 1 is 1.21 bits per heavy atom. The number of hydrogen-bond acceptors (Lipinski definition) is 4. The van der Waals surface area contributed by atoms with Gasteiger partial charge in [-0.1, -0.05) is 41.8 Å². The van der Waals surface area contributed by atoms with Crippen LogP contribution in [0, 0.1) is 12.3 Å². The first-order valence-corrected chi connectivity index (χ1v) is 12.3. The molecule has 1 spiro atoms. The van der Waals surface area contributed by atoms with Crippen LogP contribution in [-0.2, 0) is 0 Å². The molecule has 1 amide bonds. The van der Waals surface area contributed by atoms with Crippen LogP contribution in [-0.4, -0.2) is 50.7 Å². The van der Waals surface area contributed by atoms with Gasteiger partial charge < -0.3 is 10.0 Å². The first-order chi connectivity index (χ1) is 15.5. The Labute approximate surface area is 205 Å². The summed E-state index contributed by atoms with van der Waals surface area (Å²) in [5.74, 6) is 0.852. The monoisotopic (exact) mass is 490 g/mol. The van der Waals surface area contributed by atoms with Gasteiger partial charge in [0.2, 0.25) is 0 Å². The number of carbonyl (C=O) groups is 1. The fourth-order valence-electron chi connectivity index (χ4n) is 5.75. The maximum atomic E-state index is 12.2. The lowest BCUT2D eigenvalue weighted by atomic mass is 9.72. The van der Waals surface area contributed by atoms with Gasteiger partial charge in [-0.3, -0.25) is 9.88 Å². The molecule has 1 aliphatic carbocycles. The van der Waals surface area contributed by atoms with E-state index < -0.39 is 11.6 Å². The van der Waals surface area contributed by atoms with Crippen molar-refractivity contribution >= 4 is 35.1 Å². The molecule has 8 heteroatoms. The number of carboxylic acid groups (broad SMARTS) is 1. The number of anilines is 1. The minimum atomic E-state index is -0.812. The molecular formula is C25H32Cl2N4O2. The van der Waals surface area contributed by atoms with Crippen molar-refractivity contribution in [1.82, 2.24) is 14.9 Å². The number of hydrogen-bond donors (Lipinski definition) is 1. The quantitative estimate of drug-likeness (QED) is 0.519. The summed E-state index contributed by atoms with van der Waals surface area (Å²) in [6, 6.07) is 5.59. The normalized spacial score (nSPS) is 20.3. The van der Waals surface area contributed by atoms with Crippen LogP contribution in [0.3, 0.4) is 0 Å². The number of aryl methyl sites for hydroxylation is 1. The number of piperidine rings is 1. The molecule has 0 radical (unpaired) electrons. The average Bonchev–Trinajstić information content (AvgIpc) is 3.12. The lowest BCUT2D eigenvalue weighted by molar-refractivity contribution is 0.0141. The third-order valence-electron chi connectivity index (χ3n) is 7.32. The predicted octanol–water partition coefficient (Wildman–Crippen LogP) is 6.68. The van der Waals surface area contributed by atoms with Gasteiger partial charge in [0.05, 0.1) is 27.6 Å². The second kappa shape index (κ2) is 8.95. The smallest absolute Gasteiger partial charge is 0.408 e. The van der Waals surface area contributed by atoms with Crippen LogP contribution in [0.25, 0.3) is 11.3 Å². The molecule has 4 rings (SSSR count). The highest BCUT2D eigenvalue weighted by Crippen LogP contribution is 2.50. The Bertz CT molecular complexity index is 1050. The first kappa shape index (κ1) is 24.1. The summed E-state index contributed by atoms with van der Waals surface area (Å²) in [6.07, 6.45) is 6.02. The molecule has 2 heterocycles. The van der Waals surface area contributed by atoms with E-state index in [9.17, 15) is 9.90 Å². The van der Waals surface area contributed by atoms with Gasteiger partial charge in [-0.2, -0.15) is 0 Å². The topological polar surface area (TPSA) is 69.6 Å². The Kier molecular flexibility index (Phi) is 6.53. The molecule has 1 aromatic carbocycles. The molecule has 6 nitrogen and oxygen atoms in total. The van der Waals surface area contributed by atoms with Gasteiger partial charge in [0.25, 0.3) is 0 Å². The van der Waals surface area contributed by atoms with Gasteiger partial charge in [0.15, 0.2) is 0 Å². The molecule has 1 N–H and O–H groups in total. The first-order valence-electron chi connectivity index (χ1n) is 11.6. The number of rotatable bonds is 3. The van der Waals surface area contributed by atoms with Crippen molar-refractivity contribution < 1.29 is 9.90 Å². The maximum Gasteiger partial charge on any atom is 0.408 e. The highest BCUT2D eigenvalue weighted by atomic mass is 35.5. The number of amides is 1. The molecule has 0 unspecified atom stereocenters. The predicted molar refractivity (Wildman–Crippen MR) is 133 cm³/mol. The van der Waals surface area contributed by atoms with E-state index in [1.807, 2.05) is 46.0 Å². The second-order valence-electron chi connectivity index (χ2n) is 10.3. The minimum Gasteiger partial charge on any atom is -0.465 e. The summed E-state index contributed by atoms with van der Waals surface area (Å²) >= 11 is 12.6. The summed E-state index contributed by atoms with van der Waals surface area (Å²) in [5, 5.41) is 11.0. The SMILES string of the molecule is Cc1nc(N2CCC3(CCC[C@H]3N(C(=O)O)C(C)(C)C)CC2)cnc1-c1cccc(Cl)c1Cl. The van der Waals surface area contributed by atoms with E-state index in [2.05, 4.69) is 9.88 Å². The Morgan fingerprint density at radius 2 is 1.91 bits per heavy atom. The van der Waals surface area contributed by atoms with Crippen molar-refractivity contribution in [3.05, 3.63) is 40.1 Å². The molecule has 2 aliphatic rings. The van der Waals surface area contributed by atoms with E-state index in [4.69, 9.17) is 28.2 Å². The Morgan fingerprint density at radius 3 is 2.52 bits per heavy atom. The zero-order valence-electron chi connectivity index (χ0n) is 19.7. The van der Waals surface area contributed by atoms with Crippen molar-refractivity contribution in [3.63, 3.8) is 0 Å². The molecule has 1 atom stereocenters. The Hall–Kier alpha value is -2.05. The zero-order valence-corrected chi connectivity index (χ0v) is 21.2. The molecular weight excluding hydrogens is 459 g/mol. The van der Waals surface area contributed by atoms with Crippen LogP contribution in [0.4, 0.5) is 10.6 Å². The standard InChI is InChI=1S/C25H32Cl2N4O2/c1-16-22(17-7-5-8-18(26)21(17)27)28-15-20(29-16)30-13-11-25(12-14-30)10-6-9-19(25)31(23(32)33)24(2,3)4/h5,7-8,15,19H,6,9-14H2,1-4H3,(H,32,33)/t19-/m1/s1. The fraction of sp³-hybridized carbons (Fsp3) is 0.560. The van der Waals surface area contributed by atoms with Crippen molar-refractivity contribution in [2.75, 3.05) is 18.0 Å². The third-order valence-corrected chi connectivity index (χ3v) is 8.14. The van der Waals surface area contributed by atoms with E-state index in [0.717, 1.165) is 68.0 Å². The van der Waals surface area contributed by atoms with Gasteiger partial charge >= 0.3 is 6.09 Å². The third kappa shape index (κ3) is 4.52.